The van der Waals surface area contributed by atoms with Crippen LogP contribution in [0, 0.1) is 11.5 Å². The summed E-state index contributed by atoms with van der Waals surface area (Å²) in [7, 11) is 0.0126. The summed E-state index contributed by atoms with van der Waals surface area (Å²) in [4.78, 5) is 3.31. The van der Waals surface area contributed by atoms with Crippen molar-refractivity contribution in [2.24, 2.45) is 0 Å². The van der Waals surface area contributed by atoms with Crippen molar-refractivity contribution in [2.75, 3.05) is 7.05 Å². The molecule has 8 heteroatoms. The van der Waals surface area contributed by atoms with Crippen molar-refractivity contribution in [1.82, 2.24) is 4.98 Å². The summed E-state index contributed by atoms with van der Waals surface area (Å²) in [5, 5.41) is 8.11. The van der Waals surface area contributed by atoms with Gasteiger partial charge in [-0.05, 0) is 18.6 Å². The van der Waals surface area contributed by atoms with E-state index in [0.29, 0.717) is 5.56 Å². The van der Waals surface area contributed by atoms with E-state index in [0.717, 1.165) is 16.2 Å². The summed E-state index contributed by atoms with van der Waals surface area (Å²) < 4.78 is 47.7. The van der Waals surface area contributed by atoms with Crippen LogP contribution in [0.15, 0.2) is 18.3 Å². The van der Waals surface area contributed by atoms with E-state index in [1.54, 1.807) is 13.1 Å². The summed E-state index contributed by atoms with van der Waals surface area (Å²) in [6.45, 7) is 1.61. The van der Waals surface area contributed by atoms with Gasteiger partial charge >= 0.3 is 12.4 Å². The van der Waals surface area contributed by atoms with E-state index in [1.165, 1.54) is 13.1 Å². The van der Waals surface area contributed by atoms with Crippen molar-refractivity contribution in [3.63, 3.8) is 0 Å². The fourth-order valence-corrected chi connectivity index (χ4v) is 2.16. The van der Waals surface area contributed by atoms with Crippen molar-refractivity contribution < 1.29 is 21.7 Å². The Hall–Kier alpha value is -1.46. The lowest BCUT2D eigenvalue weighted by Gasteiger charge is -2.11. The molecular formula is C10H11F3N3OS+. The molecule has 1 heterocycles. The Balaban J connectivity index is 3.04. The van der Waals surface area contributed by atoms with Crippen molar-refractivity contribution in [2.45, 2.75) is 18.3 Å². The molecule has 0 amide bonds. The highest BCUT2D eigenvalue weighted by molar-refractivity contribution is 7.79. The van der Waals surface area contributed by atoms with E-state index >= 15 is 0 Å². The first kappa shape index (κ1) is 14.6. The van der Waals surface area contributed by atoms with Crippen molar-refractivity contribution in [1.29, 1.82) is 5.26 Å². The van der Waals surface area contributed by atoms with Gasteiger partial charge in [0.1, 0.15) is 16.7 Å². The number of halogens is 3. The van der Waals surface area contributed by atoms with Crippen LogP contribution in [0.25, 0.3) is 0 Å². The third-order valence-electron chi connectivity index (χ3n) is 2.28. The lowest BCUT2D eigenvalue weighted by atomic mass is 10.2. The van der Waals surface area contributed by atoms with E-state index in [9.17, 15) is 17.7 Å². The first-order chi connectivity index (χ1) is 8.27. The monoisotopic (exact) mass is 278 g/mol. The lowest BCUT2D eigenvalue weighted by Crippen LogP contribution is -2.13. The molecule has 0 saturated heterocycles. The van der Waals surface area contributed by atoms with E-state index < -0.39 is 28.1 Å². The van der Waals surface area contributed by atoms with Gasteiger partial charge < -0.3 is 4.55 Å². The number of aromatic nitrogens is 1. The summed E-state index contributed by atoms with van der Waals surface area (Å²) >= 11 is 0. The van der Waals surface area contributed by atoms with Crippen LogP contribution in [0.4, 0.5) is 13.2 Å². The Bertz CT molecular complexity index is 505. The highest BCUT2D eigenvalue weighted by atomic mass is 32.2. The Morgan fingerprint density at radius 2 is 2.11 bits per heavy atom. The third kappa shape index (κ3) is 3.27. The molecule has 1 aromatic heterocycles. The highest BCUT2D eigenvalue weighted by Gasteiger charge is 2.32. The van der Waals surface area contributed by atoms with E-state index in [1.807, 2.05) is 0 Å². The minimum Gasteiger partial charge on any atom is -0.305 e. The molecule has 98 valence electrons. The number of nitrogens with zero attached hydrogens (tertiary/aromatic N) is 3. The molecule has 2 unspecified atom stereocenters. The highest BCUT2D eigenvalue weighted by Crippen LogP contribution is 2.28. The van der Waals surface area contributed by atoms with Gasteiger partial charge in [-0.2, -0.15) is 13.2 Å². The van der Waals surface area contributed by atoms with Crippen molar-refractivity contribution >= 4 is 11.0 Å². The summed E-state index contributed by atoms with van der Waals surface area (Å²) in [5.74, 6) is 0. The second-order valence-corrected chi connectivity index (χ2v) is 5.35. The minimum absolute atomic E-state index is 0.441. The Morgan fingerprint density at radius 1 is 1.50 bits per heavy atom. The standard InChI is InChI=1S/C10H10F3N3OS/c1-7(18(17)16(2)6-14)8-3-4-9(15-5-8)10(11,12)13/h3-5,7H,1-2H3/p+1. The van der Waals surface area contributed by atoms with E-state index in [2.05, 4.69) is 4.98 Å². The number of rotatable bonds is 2. The fraction of sp³-hybridized carbons (Fsp3) is 0.400. The van der Waals surface area contributed by atoms with E-state index in [4.69, 9.17) is 5.26 Å². The molecule has 2 atom stereocenters. The first-order valence-electron chi connectivity index (χ1n) is 4.86. The molecule has 0 aliphatic rings. The third-order valence-corrected chi connectivity index (χ3v) is 3.83. The van der Waals surface area contributed by atoms with Gasteiger partial charge in [-0.3, -0.25) is 4.98 Å². The predicted octanol–water partition coefficient (Wildman–Crippen LogP) is 2.56. The Labute approximate surface area is 105 Å². The zero-order valence-electron chi connectivity index (χ0n) is 9.64. The molecular weight excluding hydrogens is 267 g/mol. The summed E-state index contributed by atoms with van der Waals surface area (Å²) in [6.07, 6.45) is -1.67. The van der Waals surface area contributed by atoms with Crippen LogP contribution < -0.4 is 0 Å². The number of alkyl halides is 3. The van der Waals surface area contributed by atoms with Gasteiger partial charge in [-0.1, -0.05) is 6.07 Å². The van der Waals surface area contributed by atoms with Gasteiger partial charge in [0, 0.05) is 6.20 Å². The maximum atomic E-state index is 12.3. The van der Waals surface area contributed by atoms with Gasteiger partial charge in [0.2, 0.25) is 0 Å². The molecule has 1 aromatic rings. The molecule has 0 radical (unpaired) electrons. The molecule has 0 fully saturated rings. The molecule has 0 aliphatic heterocycles. The number of pyridine rings is 1. The van der Waals surface area contributed by atoms with Gasteiger partial charge in [0.05, 0.1) is 12.3 Å². The molecule has 0 aliphatic carbocycles. The molecule has 18 heavy (non-hydrogen) atoms. The Kier molecular flexibility index (Phi) is 4.43. The van der Waals surface area contributed by atoms with Crippen LogP contribution in [-0.4, -0.2) is 20.5 Å². The van der Waals surface area contributed by atoms with E-state index in [-0.39, 0.29) is 0 Å². The van der Waals surface area contributed by atoms with Crippen LogP contribution in [0.1, 0.15) is 23.4 Å². The molecule has 1 N–H and O–H groups in total. The second kappa shape index (κ2) is 5.46. The topological polar surface area (TPSA) is 59.9 Å². The average molecular weight is 278 g/mol. The molecule has 0 spiro atoms. The van der Waals surface area contributed by atoms with Crippen LogP contribution in [0.2, 0.25) is 0 Å². The Morgan fingerprint density at radius 3 is 2.50 bits per heavy atom. The van der Waals surface area contributed by atoms with Crippen LogP contribution in [0.5, 0.6) is 0 Å². The summed E-state index contributed by atoms with van der Waals surface area (Å²) in [6, 6.07) is 2.11. The lowest BCUT2D eigenvalue weighted by molar-refractivity contribution is -0.379. The molecule has 0 saturated carbocycles. The van der Waals surface area contributed by atoms with Crippen molar-refractivity contribution in [3.05, 3.63) is 29.6 Å². The van der Waals surface area contributed by atoms with Crippen LogP contribution in [0.3, 0.4) is 0 Å². The molecule has 0 bridgehead atoms. The predicted molar refractivity (Wildman–Crippen MR) is 59.4 cm³/mol. The van der Waals surface area contributed by atoms with Crippen LogP contribution in [-0.2, 0) is 17.1 Å². The number of nitriles is 1. The zero-order valence-corrected chi connectivity index (χ0v) is 10.5. The maximum absolute atomic E-state index is 12.3. The van der Waals surface area contributed by atoms with Crippen molar-refractivity contribution in [3.8, 4) is 6.19 Å². The first-order valence-corrected chi connectivity index (χ1v) is 6.06. The summed E-state index contributed by atoms with van der Waals surface area (Å²) in [5.41, 5.74) is -0.541. The number of hydrogen-bond donors (Lipinski definition) is 1. The average Bonchev–Trinajstić information content (AvgIpc) is 2.35. The quantitative estimate of drug-likeness (QED) is 0.514. The second-order valence-electron chi connectivity index (χ2n) is 3.51. The molecule has 1 rings (SSSR count). The molecule has 4 nitrogen and oxygen atoms in total. The number of hydrogen-bond acceptors (Lipinski definition) is 2. The maximum Gasteiger partial charge on any atom is 0.467 e. The van der Waals surface area contributed by atoms with Gasteiger partial charge in [0.25, 0.3) is 0 Å². The smallest absolute Gasteiger partial charge is 0.305 e. The SMILES string of the molecule is CC(c1ccc(C(F)(F)F)nc1)S(O)=[N+](C)C#N. The van der Waals surface area contributed by atoms with Gasteiger partial charge in [-0.25, -0.2) is 0 Å². The largest absolute Gasteiger partial charge is 0.467 e. The minimum atomic E-state index is -4.48. The normalized spacial score (nSPS) is 15.7. The molecule has 0 aromatic carbocycles. The van der Waals surface area contributed by atoms with Gasteiger partial charge in [0.15, 0.2) is 5.26 Å². The zero-order chi connectivity index (χ0) is 13.9. The van der Waals surface area contributed by atoms with Crippen LogP contribution >= 0.6 is 0 Å². The fourth-order valence-electron chi connectivity index (χ4n) is 1.21. The van der Waals surface area contributed by atoms with Gasteiger partial charge in [-0.15, -0.1) is 3.95 Å².